The highest BCUT2D eigenvalue weighted by Gasteiger charge is 2.39. The number of anilines is 1. The molecule has 1 aromatic carbocycles. The monoisotopic (exact) mass is 268 g/mol. The molecule has 0 unspecified atom stereocenters. The number of nitrogens with two attached hydrogens (primary N) is 1. The summed E-state index contributed by atoms with van der Waals surface area (Å²) in [6.45, 7) is -0.0816. The van der Waals surface area contributed by atoms with E-state index in [-0.39, 0.29) is 24.2 Å². The number of nitrogen functional groups attached to an aromatic ring is 1. The molecule has 0 aliphatic carbocycles. The Morgan fingerprint density at radius 1 is 1.42 bits per heavy atom. The van der Waals surface area contributed by atoms with Crippen molar-refractivity contribution in [3.63, 3.8) is 0 Å². The van der Waals surface area contributed by atoms with Crippen LogP contribution >= 0.6 is 0 Å². The van der Waals surface area contributed by atoms with Gasteiger partial charge in [0.25, 0.3) is 5.91 Å². The second-order valence-corrected chi connectivity index (χ2v) is 4.44. The maximum absolute atomic E-state index is 13.3. The number of nitrogens with zero attached hydrogens (tertiary/aromatic N) is 1. The largest absolute Gasteiger partial charge is 0.480 e. The summed E-state index contributed by atoms with van der Waals surface area (Å²) in [5.74, 6) is -2.57. The number of carboxylic acids is 1. The molecule has 2 atom stereocenters. The molecular formula is C12H13FN2O4. The lowest BCUT2D eigenvalue weighted by Gasteiger charge is -2.21. The van der Waals surface area contributed by atoms with Gasteiger partial charge in [-0.15, -0.1) is 0 Å². The average molecular weight is 268 g/mol. The molecule has 1 amide bonds. The van der Waals surface area contributed by atoms with Gasteiger partial charge < -0.3 is 20.8 Å². The normalized spacial score (nSPS) is 22.5. The van der Waals surface area contributed by atoms with Gasteiger partial charge in [0, 0.05) is 18.5 Å². The molecule has 0 saturated carbocycles. The Hall–Kier alpha value is -2.15. The van der Waals surface area contributed by atoms with Crippen LogP contribution in [0.3, 0.4) is 0 Å². The highest BCUT2D eigenvalue weighted by molar-refractivity contribution is 5.97. The molecule has 4 N–H and O–H groups in total. The van der Waals surface area contributed by atoms with Crippen LogP contribution < -0.4 is 5.73 Å². The van der Waals surface area contributed by atoms with Crippen molar-refractivity contribution in [1.82, 2.24) is 4.90 Å². The lowest BCUT2D eigenvalue weighted by Crippen LogP contribution is -2.40. The fraction of sp³-hybridized carbons (Fsp3) is 0.333. The quantitative estimate of drug-likeness (QED) is 0.658. The van der Waals surface area contributed by atoms with Crippen LogP contribution in [0.5, 0.6) is 0 Å². The van der Waals surface area contributed by atoms with E-state index >= 15 is 0 Å². The number of benzene rings is 1. The number of hydrogen-bond donors (Lipinski definition) is 3. The predicted octanol–water partition coefficient (Wildman–Crippen LogP) is 0.0679. The number of likely N-dealkylation sites (tertiary alicyclic amines) is 1. The Morgan fingerprint density at radius 3 is 2.68 bits per heavy atom. The molecule has 6 nitrogen and oxygen atoms in total. The minimum Gasteiger partial charge on any atom is -0.480 e. The number of hydrogen-bond acceptors (Lipinski definition) is 4. The van der Waals surface area contributed by atoms with Gasteiger partial charge in [0.15, 0.2) is 0 Å². The predicted molar refractivity (Wildman–Crippen MR) is 63.9 cm³/mol. The van der Waals surface area contributed by atoms with E-state index in [9.17, 15) is 19.1 Å². The number of aliphatic hydroxyl groups is 1. The molecule has 1 fully saturated rings. The zero-order chi connectivity index (χ0) is 14.2. The van der Waals surface area contributed by atoms with Crippen LogP contribution in [0, 0.1) is 5.82 Å². The zero-order valence-electron chi connectivity index (χ0n) is 9.91. The van der Waals surface area contributed by atoms with Crippen LogP contribution in [0.1, 0.15) is 16.8 Å². The SMILES string of the molecule is Nc1ccc(C(=O)N2C[C@H](O)C[C@H]2C(=O)O)cc1F. The summed E-state index contributed by atoms with van der Waals surface area (Å²) >= 11 is 0. The van der Waals surface area contributed by atoms with Crippen LogP contribution in [0.15, 0.2) is 18.2 Å². The summed E-state index contributed by atoms with van der Waals surface area (Å²) in [5.41, 5.74) is 5.22. The van der Waals surface area contributed by atoms with E-state index in [1.54, 1.807) is 0 Å². The Morgan fingerprint density at radius 2 is 2.11 bits per heavy atom. The number of rotatable bonds is 2. The first-order chi connectivity index (χ1) is 8.90. The summed E-state index contributed by atoms with van der Waals surface area (Å²) in [4.78, 5) is 24.2. The minimum atomic E-state index is -1.19. The third kappa shape index (κ3) is 2.50. The molecule has 0 aromatic heterocycles. The van der Waals surface area contributed by atoms with Gasteiger partial charge >= 0.3 is 5.97 Å². The molecule has 19 heavy (non-hydrogen) atoms. The van der Waals surface area contributed by atoms with Gasteiger partial charge in [0.2, 0.25) is 0 Å². The first kappa shape index (κ1) is 13.3. The molecule has 7 heteroatoms. The van der Waals surface area contributed by atoms with E-state index < -0.39 is 29.8 Å². The van der Waals surface area contributed by atoms with Crippen molar-refractivity contribution >= 4 is 17.6 Å². The highest BCUT2D eigenvalue weighted by Crippen LogP contribution is 2.22. The molecule has 1 aromatic rings. The second kappa shape index (κ2) is 4.85. The van der Waals surface area contributed by atoms with Crippen molar-refractivity contribution in [2.75, 3.05) is 12.3 Å². The molecule has 1 heterocycles. The third-order valence-electron chi connectivity index (χ3n) is 3.07. The molecule has 1 aliphatic rings. The fourth-order valence-electron chi connectivity index (χ4n) is 2.10. The summed E-state index contributed by atoms with van der Waals surface area (Å²) < 4.78 is 13.3. The van der Waals surface area contributed by atoms with Gasteiger partial charge in [-0.3, -0.25) is 4.79 Å². The Balaban J connectivity index is 2.27. The van der Waals surface area contributed by atoms with Gasteiger partial charge in [-0.25, -0.2) is 9.18 Å². The van der Waals surface area contributed by atoms with Gasteiger partial charge in [-0.2, -0.15) is 0 Å². The first-order valence-corrected chi connectivity index (χ1v) is 5.67. The average Bonchev–Trinajstić information content (AvgIpc) is 2.74. The second-order valence-electron chi connectivity index (χ2n) is 4.44. The van der Waals surface area contributed by atoms with Crippen LogP contribution in [-0.4, -0.2) is 45.7 Å². The number of β-amino-alcohol motifs (C(OH)–C–C–N with tert-alkyl or cyclic N) is 1. The molecule has 102 valence electrons. The van der Waals surface area contributed by atoms with Crippen molar-refractivity contribution in [2.24, 2.45) is 0 Å². The molecule has 0 bridgehead atoms. The number of halogens is 1. The van der Waals surface area contributed by atoms with Crippen molar-refractivity contribution in [3.05, 3.63) is 29.6 Å². The van der Waals surface area contributed by atoms with Crippen LogP contribution in [0.4, 0.5) is 10.1 Å². The number of amides is 1. The van der Waals surface area contributed by atoms with Gasteiger partial charge in [-0.1, -0.05) is 0 Å². The van der Waals surface area contributed by atoms with Gasteiger partial charge in [0.05, 0.1) is 11.8 Å². The van der Waals surface area contributed by atoms with E-state index in [2.05, 4.69) is 0 Å². The minimum absolute atomic E-state index is 0.00653. The maximum atomic E-state index is 13.3. The van der Waals surface area contributed by atoms with E-state index in [1.807, 2.05) is 0 Å². The van der Waals surface area contributed by atoms with Crippen LogP contribution in [0.2, 0.25) is 0 Å². The Bertz CT molecular complexity index is 534. The van der Waals surface area contributed by atoms with Crippen molar-refractivity contribution in [2.45, 2.75) is 18.6 Å². The highest BCUT2D eigenvalue weighted by atomic mass is 19.1. The Kier molecular flexibility index (Phi) is 3.39. The summed E-state index contributed by atoms with van der Waals surface area (Å²) in [7, 11) is 0. The molecule has 0 spiro atoms. The van der Waals surface area contributed by atoms with E-state index in [1.165, 1.54) is 12.1 Å². The molecular weight excluding hydrogens is 255 g/mol. The zero-order valence-corrected chi connectivity index (χ0v) is 9.91. The van der Waals surface area contributed by atoms with Crippen LogP contribution in [0.25, 0.3) is 0 Å². The summed E-state index contributed by atoms with van der Waals surface area (Å²) in [6.07, 6.45) is -0.915. The number of carbonyl (C=O) groups is 2. The van der Waals surface area contributed by atoms with E-state index in [4.69, 9.17) is 10.8 Å². The standard InChI is InChI=1S/C12H13FN2O4/c13-8-3-6(1-2-9(8)14)11(17)15-5-7(16)4-10(15)12(18)19/h1-3,7,10,16H,4-5,14H2,(H,18,19)/t7-,10+/m1/s1. The summed E-state index contributed by atoms with van der Waals surface area (Å²) in [5, 5.41) is 18.5. The van der Waals surface area contributed by atoms with Crippen molar-refractivity contribution in [1.29, 1.82) is 0 Å². The molecule has 0 radical (unpaired) electrons. The number of carbonyl (C=O) groups excluding carboxylic acids is 1. The summed E-state index contributed by atoms with van der Waals surface area (Å²) in [6, 6.07) is 2.43. The smallest absolute Gasteiger partial charge is 0.326 e. The number of carboxylic acid groups (broad SMARTS) is 1. The molecule has 2 rings (SSSR count). The van der Waals surface area contributed by atoms with Crippen molar-refractivity contribution in [3.8, 4) is 0 Å². The molecule has 1 aliphatic heterocycles. The number of aliphatic carboxylic acids is 1. The topological polar surface area (TPSA) is 104 Å². The van der Waals surface area contributed by atoms with E-state index in [0.29, 0.717) is 0 Å². The lowest BCUT2D eigenvalue weighted by molar-refractivity contribution is -0.141. The number of aliphatic hydroxyl groups excluding tert-OH is 1. The molecule has 1 saturated heterocycles. The first-order valence-electron chi connectivity index (χ1n) is 5.67. The van der Waals surface area contributed by atoms with Gasteiger partial charge in [-0.05, 0) is 18.2 Å². The third-order valence-corrected chi connectivity index (χ3v) is 3.07. The maximum Gasteiger partial charge on any atom is 0.326 e. The van der Waals surface area contributed by atoms with E-state index in [0.717, 1.165) is 11.0 Å². The van der Waals surface area contributed by atoms with Gasteiger partial charge in [0.1, 0.15) is 11.9 Å². The fourth-order valence-corrected chi connectivity index (χ4v) is 2.10. The Labute approximate surface area is 108 Å². The lowest BCUT2D eigenvalue weighted by atomic mass is 10.1. The van der Waals surface area contributed by atoms with Crippen molar-refractivity contribution < 1.29 is 24.2 Å². The van der Waals surface area contributed by atoms with Crippen LogP contribution in [-0.2, 0) is 4.79 Å².